The van der Waals surface area contributed by atoms with Gasteiger partial charge in [0.25, 0.3) is 0 Å². The van der Waals surface area contributed by atoms with Gasteiger partial charge in [0.2, 0.25) is 0 Å². The van der Waals surface area contributed by atoms with Gasteiger partial charge >= 0.3 is 0 Å². The van der Waals surface area contributed by atoms with Gasteiger partial charge in [-0.1, -0.05) is 0 Å². The van der Waals surface area contributed by atoms with Crippen LogP contribution < -0.4 is 5.32 Å². The Morgan fingerprint density at radius 2 is 2.06 bits per heavy atom. The number of hydrogen-bond acceptors (Lipinski definition) is 4. The summed E-state index contributed by atoms with van der Waals surface area (Å²) in [6, 6.07) is 3.02. The van der Waals surface area contributed by atoms with Crippen LogP contribution >= 0.6 is 0 Å². The Labute approximate surface area is 99.2 Å². The molecule has 1 fully saturated rings. The fourth-order valence-electron chi connectivity index (χ4n) is 2.24. The first-order chi connectivity index (χ1) is 7.67. The molecule has 1 aliphatic heterocycles. The molecule has 1 saturated heterocycles. The van der Waals surface area contributed by atoms with Gasteiger partial charge in [0.15, 0.2) is 0 Å². The quantitative estimate of drug-likeness (QED) is 0.739. The number of piperidine rings is 1. The third-order valence-electron chi connectivity index (χ3n) is 3.53. The van der Waals surface area contributed by atoms with Gasteiger partial charge in [-0.25, -0.2) is 0 Å². The Hall–Kier alpha value is -0.630. The summed E-state index contributed by atoms with van der Waals surface area (Å²) in [4.78, 5) is 4.80. The molecule has 1 rings (SSSR count). The van der Waals surface area contributed by atoms with E-state index in [4.69, 9.17) is 5.26 Å². The SMILES string of the molecule is CNC(C#N)CCN1CCC(N(C)C)CC1. The predicted octanol–water partition coefficient (Wildman–Crippen LogP) is 0.514. The minimum atomic E-state index is 0.00609. The van der Waals surface area contributed by atoms with Crippen LogP contribution in [0.25, 0.3) is 0 Å². The molecule has 0 bridgehead atoms. The van der Waals surface area contributed by atoms with Gasteiger partial charge in [0.1, 0.15) is 0 Å². The highest BCUT2D eigenvalue weighted by molar-refractivity contribution is 4.89. The first kappa shape index (κ1) is 13.4. The minimum absolute atomic E-state index is 0.00609. The summed E-state index contributed by atoms with van der Waals surface area (Å²) < 4.78 is 0. The second-order valence-corrected chi connectivity index (χ2v) is 4.80. The van der Waals surface area contributed by atoms with Gasteiger partial charge < -0.3 is 15.1 Å². The third kappa shape index (κ3) is 4.09. The van der Waals surface area contributed by atoms with E-state index in [1.165, 1.54) is 25.9 Å². The van der Waals surface area contributed by atoms with E-state index in [0.29, 0.717) is 0 Å². The van der Waals surface area contributed by atoms with Crippen molar-refractivity contribution >= 4 is 0 Å². The lowest BCUT2D eigenvalue weighted by Gasteiger charge is -2.35. The fraction of sp³-hybridized carbons (Fsp3) is 0.917. The Morgan fingerprint density at radius 3 is 2.50 bits per heavy atom. The van der Waals surface area contributed by atoms with Crippen LogP contribution in [0.3, 0.4) is 0 Å². The summed E-state index contributed by atoms with van der Waals surface area (Å²) >= 11 is 0. The largest absolute Gasteiger partial charge is 0.306 e. The first-order valence-electron chi connectivity index (χ1n) is 6.13. The van der Waals surface area contributed by atoms with Crippen molar-refractivity contribution in [3.8, 4) is 6.07 Å². The Morgan fingerprint density at radius 1 is 1.44 bits per heavy atom. The number of nitrogens with one attached hydrogen (secondary N) is 1. The number of nitriles is 1. The monoisotopic (exact) mass is 224 g/mol. The van der Waals surface area contributed by atoms with Crippen LogP contribution in [-0.2, 0) is 0 Å². The first-order valence-corrected chi connectivity index (χ1v) is 6.13. The lowest BCUT2D eigenvalue weighted by atomic mass is 10.0. The number of hydrogen-bond donors (Lipinski definition) is 1. The van der Waals surface area contributed by atoms with Crippen LogP contribution in [0, 0.1) is 11.3 Å². The average Bonchev–Trinajstić information content (AvgIpc) is 2.31. The molecular weight excluding hydrogens is 200 g/mol. The standard InChI is InChI=1S/C12H24N4/c1-14-11(10-13)4-7-16-8-5-12(6-9-16)15(2)3/h11-12,14H,4-9H2,1-3H3. The molecule has 1 atom stereocenters. The second kappa shape index (κ2) is 6.85. The van der Waals surface area contributed by atoms with Crippen molar-refractivity contribution in [1.82, 2.24) is 15.1 Å². The maximum absolute atomic E-state index is 8.83. The Kier molecular flexibility index (Phi) is 5.75. The maximum Gasteiger partial charge on any atom is 0.0962 e. The van der Waals surface area contributed by atoms with E-state index in [1.54, 1.807) is 0 Å². The molecule has 0 aromatic heterocycles. The van der Waals surface area contributed by atoms with Gasteiger partial charge in [-0.15, -0.1) is 0 Å². The summed E-state index contributed by atoms with van der Waals surface area (Å²) in [5, 5.41) is 11.9. The summed E-state index contributed by atoms with van der Waals surface area (Å²) in [5.74, 6) is 0. The summed E-state index contributed by atoms with van der Waals surface area (Å²) in [5.41, 5.74) is 0. The van der Waals surface area contributed by atoms with Crippen molar-refractivity contribution < 1.29 is 0 Å². The van der Waals surface area contributed by atoms with Crippen LogP contribution in [0.1, 0.15) is 19.3 Å². The van der Waals surface area contributed by atoms with E-state index in [-0.39, 0.29) is 6.04 Å². The zero-order valence-corrected chi connectivity index (χ0v) is 10.7. The number of rotatable bonds is 5. The molecule has 4 heteroatoms. The van der Waals surface area contributed by atoms with Gasteiger partial charge in [-0.05, 0) is 53.5 Å². The molecular formula is C12H24N4. The predicted molar refractivity (Wildman–Crippen MR) is 66.2 cm³/mol. The molecule has 1 aliphatic rings. The maximum atomic E-state index is 8.83. The number of nitrogens with zero attached hydrogens (tertiary/aromatic N) is 3. The van der Waals surface area contributed by atoms with Gasteiger partial charge in [0.05, 0.1) is 12.1 Å². The van der Waals surface area contributed by atoms with E-state index >= 15 is 0 Å². The van der Waals surface area contributed by atoms with Crippen LogP contribution in [0.4, 0.5) is 0 Å². The van der Waals surface area contributed by atoms with Crippen molar-refractivity contribution in [3.05, 3.63) is 0 Å². The van der Waals surface area contributed by atoms with Crippen molar-refractivity contribution in [2.24, 2.45) is 0 Å². The molecule has 1 heterocycles. The van der Waals surface area contributed by atoms with E-state index in [0.717, 1.165) is 19.0 Å². The molecule has 1 N–H and O–H groups in total. The van der Waals surface area contributed by atoms with E-state index in [9.17, 15) is 0 Å². The molecule has 0 aliphatic carbocycles. The molecule has 0 radical (unpaired) electrons. The van der Waals surface area contributed by atoms with Crippen LogP contribution in [0.2, 0.25) is 0 Å². The summed E-state index contributed by atoms with van der Waals surface area (Å²) in [7, 11) is 6.17. The lowest BCUT2D eigenvalue weighted by Crippen LogP contribution is -2.43. The third-order valence-corrected chi connectivity index (χ3v) is 3.53. The molecule has 0 saturated carbocycles. The summed E-state index contributed by atoms with van der Waals surface area (Å²) in [6.07, 6.45) is 3.44. The fourth-order valence-corrected chi connectivity index (χ4v) is 2.24. The van der Waals surface area contributed by atoms with E-state index < -0.39 is 0 Å². The Balaban J connectivity index is 2.20. The highest BCUT2D eigenvalue weighted by atomic mass is 15.2. The van der Waals surface area contributed by atoms with E-state index in [2.05, 4.69) is 35.3 Å². The summed E-state index contributed by atoms with van der Waals surface area (Å²) in [6.45, 7) is 3.38. The van der Waals surface area contributed by atoms with Crippen molar-refractivity contribution in [2.45, 2.75) is 31.3 Å². The normalized spacial score (nSPS) is 20.9. The van der Waals surface area contributed by atoms with Crippen molar-refractivity contribution in [2.75, 3.05) is 40.8 Å². The lowest BCUT2D eigenvalue weighted by molar-refractivity contribution is 0.142. The highest BCUT2D eigenvalue weighted by Crippen LogP contribution is 2.14. The zero-order valence-electron chi connectivity index (χ0n) is 10.7. The van der Waals surface area contributed by atoms with Gasteiger partial charge in [-0.3, -0.25) is 0 Å². The molecule has 1 unspecified atom stereocenters. The minimum Gasteiger partial charge on any atom is -0.306 e. The zero-order chi connectivity index (χ0) is 12.0. The van der Waals surface area contributed by atoms with E-state index in [1.807, 2.05) is 7.05 Å². The molecule has 0 aromatic rings. The smallest absolute Gasteiger partial charge is 0.0962 e. The molecule has 0 amide bonds. The second-order valence-electron chi connectivity index (χ2n) is 4.80. The average molecular weight is 224 g/mol. The molecule has 4 nitrogen and oxygen atoms in total. The molecule has 0 aromatic carbocycles. The van der Waals surface area contributed by atoms with Gasteiger partial charge in [0, 0.05) is 12.6 Å². The Bertz CT molecular complexity index is 226. The number of likely N-dealkylation sites (tertiary alicyclic amines) is 1. The van der Waals surface area contributed by atoms with Crippen LogP contribution in [0.15, 0.2) is 0 Å². The molecule has 92 valence electrons. The highest BCUT2D eigenvalue weighted by Gasteiger charge is 2.20. The molecule has 0 spiro atoms. The van der Waals surface area contributed by atoms with Gasteiger partial charge in [-0.2, -0.15) is 5.26 Å². The van der Waals surface area contributed by atoms with Crippen LogP contribution in [0.5, 0.6) is 0 Å². The van der Waals surface area contributed by atoms with Crippen molar-refractivity contribution in [1.29, 1.82) is 5.26 Å². The van der Waals surface area contributed by atoms with Crippen molar-refractivity contribution in [3.63, 3.8) is 0 Å². The molecule has 16 heavy (non-hydrogen) atoms. The van der Waals surface area contributed by atoms with Crippen LogP contribution in [-0.4, -0.2) is 62.7 Å². The topological polar surface area (TPSA) is 42.3 Å².